The summed E-state index contributed by atoms with van der Waals surface area (Å²) in [5, 5.41) is 7.42. The Morgan fingerprint density at radius 1 is 1.67 bits per heavy atom. The van der Waals surface area contributed by atoms with Crippen LogP contribution in [0.15, 0.2) is 4.47 Å². The smallest absolute Gasteiger partial charge is 0.239 e. The molecule has 1 rings (SSSR count). The Morgan fingerprint density at radius 3 is 2.73 bits per heavy atom. The molecule has 0 aliphatic rings. The largest absolute Gasteiger partial charge is 0.368 e. The number of nitrogens with two attached hydrogens (primary N) is 1. The Balaban J connectivity index is 3.03. The van der Waals surface area contributed by atoms with Gasteiger partial charge in [-0.25, -0.2) is 4.68 Å². The molecule has 0 aliphatic heterocycles. The average molecular weight is 275 g/mol. The molecule has 1 heterocycles. The van der Waals surface area contributed by atoms with E-state index >= 15 is 0 Å². The minimum Gasteiger partial charge on any atom is -0.368 e. The first-order chi connectivity index (χ1) is 6.91. The molecule has 5 nitrogen and oxygen atoms in total. The molecule has 0 spiro atoms. The summed E-state index contributed by atoms with van der Waals surface area (Å²) in [5.74, 6) is 0.387. The molecule has 3 N–H and O–H groups in total. The molecule has 0 aliphatic carbocycles. The number of hydrogen-bond donors (Lipinski definition) is 2. The van der Waals surface area contributed by atoms with E-state index in [2.05, 4.69) is 26.3 Å². The third-order valence-electron chi connectivity index (χ3n) is 1.79. The van der Waals surface area contributed by atoms with Crippen LogP contribution in [0.5, 0.6) is 0 Å². The topological polar surface area (TPSA) is 72.9 Å². The second-order valence-electron chi connectivity index (χ2n) is 3.67. The molecule has 0 fully saturated rings. The van der Waals surface area contributed by atoms with E-state index in [1.165, 1.54) is 0 Å². The lowest BCUT2D eigenvalue weighted by Gasteiger charge is -2.11. The Bertz CT molecular complexity index is 372. The van der Waals surface area contributed by atoms with E-state index in [9.17, 15) is 4.79 Å². The lowest BCUT2D eigenvalue weighted by atomic mass is 10.4. The predicted molar refractivity (Wildman–Crippen MR) is 62.6 cm³/mol. The Kier molecular flexibility index (Phi) is 3.73. The van der Waals surface area contributed by atoms with Gasteiger partial charge < -0.3 is 11.1 Å². The number of primary amides is 1. The molecular weight excluding hydrogens is 260 g/mol. The molecule has 0 unspecified atom stereocenters. The first-order valence-electron chi connectivity index (χ1n) is 4.69. The number of aromatic nitrogens is 2. The van der Waals surface area contributed by atoms with Crippen molar-refractivity contribution in [1.82, 2.24) is 9.78 Å². The maximum Gasteiger partial charge on any atom is 0.239 e. The molecule has 1 aromatic rings. The average Bonchev–Trinajstić information content (AvgIpc) is 2.31. The van der Waals surface area contributed by atoms with Crippen LogP contribution >= 0.6 is 15.9 Å². The second-order valence-corrected chi connectivity index (χ2v) is 4.46. The summed E-state index contributed by atoms with van der Waals surface area (Å²) >= 11 is 3.42. The number of carbonyl (C=O) groups is 1. The number of hydrogen-bond acceptors (Lipinski definition) is 3. The fourth-order valence-electron chi connectivity index (χ4n) is 1.23. The van der Waals surface area contributed by atoms with Gasteiger partial charge in [-0.05, 0) is 36.7 Å². The van der Waals surface area contributed by atoms with Gasteiger partial charge in [0.05, 0.1) is 10.2 Å². The summed E-state index contributed by atoms with van der Waals surface area (Å²) in [5.41, 5.74) is 5.97. The van der Waals surface area contributed by atoms with E-state index in [0.717, 1.165) is 16.0 Å². The van der Waals surface area contributed by atoms with Gasteiger partial charge in [-0.15, -0.1) is 0 Å². The van der Waals surface area contributed by atoms with Gasteiger partial charge in [-0.2, -0.15) is 5.10 Å². The number of amides is 1. The summed E-state index contributed by atoms with van der Waals surface area (Å²) in [6.07, 6.45) is 0. The van der Waals surface area contributed by atoms with E-state index in [1.807, 2.05) is 20.8 Å². The van der Waals surface area contributed by atoms with Crippen LogP contribution in [0.25, 0.3) is 0 Å². The van der Waals surface area contributed by atoms with Crippen molar-refractivity contribution < 1.29 is 4.79 Å². The van der Waals surface area contributed by atoms with Crippen LogP contribution in [0, 0.1) is 6.92 Å². The van der Waals surface area contributed by atoms with Gasteiger partial charge >= 0.3 is 0 Å². The highest BCUT2D eigenvalue weighted by atomic mass is 79.9. The predicted octanol–water partition coefficient (Wildman–Crippen LogP) is 1.26. The lowest BCUT2D eigenvalue weighted by Crippen LogP contribution is -2.22. The number of nitrogens with one attached hydrogen (secondary N) is 1. The van der Waals surface area contributed by atoms with Gasteiger partial charge in [0.1, 0.15) is 12.4 Å². The monoisotopic (exact) mass is 274 g/mol. The van der Waals surface area contributed by atoms with Gasteiger partial charge in [-0.1, -0.05) is 0 Å². The molecule has 1 amide bonds. The molecule has 0 aromatic carbocycles. The van der Waals surface area contributed by atoms with Crippen LogP contribution in [-0.4, -0.2) is 21.7 Å². The fourth-order valence-corrected chi connectivity index (χ4v) is 1.63. The van der Waals surface area contributed by atoms with Crippen molar-refractivity contribution in [2.24, 2.45) is 5.73 Å². The van der Waals surface area contributed by atoms with Crippen LogP contribution < -0.4 is 11.1 Å². The Morgan fingerprint density at radius 2 is 2.27 bits per heavy atom. The standard InChI is InChI=1S/C9H15BrN4O/c1-5(2)12-9-8(10)6(3)13-14(9)4-7(11)15/h5,12H,4H2,1-3H3,(H2,11,15). The highest BCUT2D eigenvalue weighted by Crippen LogP contribution is 2.26. The van der Waals surface area contributed by atoms with Crippen LogP contribution in [0.2, 0.25) is 0 Å². The highest BCUT2D eigenvalue weighted by Gasteiger charge is 2.14. The molecule has 0 bridgehead atoms. The fraction of sp³-hybridized carbons (Fsp3) is 0.556. The third kappa shape index (κ3) is 2.95. The van der Waals surface area contributed by atoms with Crippen molar-refractivity contribution in [3.8, 4) is 0 Å². The number of aryl methyl sites for hydroxylation is 1. The lowest BCUT2D eigenvalue weighted by molar-refractivity contribution is -0.118. The molecule has 15 heavy (non-hydrogen) atoms. The number of halogens is 1. The van der Waals surface area contributed by atoms with E-state index in [1.54, 1.807) is 4.68 Å². The molecule has 0 radical (unpaired) electrons. The molecule has 6 heteroatoms. The van der Waals surface area contributed by atoms with Crippen LogP contribution in [0.3, 0.4) is 0 Å². The molecular formula is C9H15BrN4O. The maximum atomic E-state index is 10.8. The second kappa shape index (κ2) is 4.65. The molecule has 0 saturated heterocycles. The number of rotatable bonds is 4. The van der Waals surface area contributed by atoms with Gasteiger partial charge in [0.15, 0.2) is 0 Å². The van der Waals surface area contributed by atoms with Gasteiger partial charge in [0.2, 0.25) is 5.91 Å². The summed E-state index contributed by atoms with van der Waals surface area (Å²) in [6.45, 7) is 5.99. The summed E-state index contributed by atoms with van der Waals surface area (Å²) in [6, 6.07) is 0.268. The van der Waals surface area contributed by atoms with Crippen molar-refractivity contribution in [2.45, 2.75) is 33.4 Å². The molecule has 0 saturated carbocycles. The summed E-state index contributed by atoms with van der Waals surface area (Å²) in [4.78, 5) is 10.8. The van der Waals surface area contributed by atoms with E-state index in [0.29, 0.717) is 0 Å². The summed E-state index contributed by atoms with van der Waals surface area (Å²) in [7, 11) is 0. The van der Waals surface area contributed by atoms with Crippen molar-refractivity contribution in [2.75, 3.05) is 5.32 Å². The number of nitrogens with zero attached hydrogens (tertiary/aromatic N) is 2. The van der Waals surface area contributed by atoms with E-state index < -0.39 is 5.91 Å². The maximum absolute atomic E-state index is 10.8. The molecule has 0 atom stereocenters. The van der Waals surface area contributed by atoms with Gasteiger partial charge in [0.25, 0.3) is 0 Å². The number of carbonyl (C=O) groups excluding carboxylic acids is 1. The third-order valence-corrected chi connectivity index (χ3v) is 2.73. The quantitative estimate of drug-likeness (QED) is 0.868. The minimum atomic E-state index is -0.406. The first-order valence-corrected chi connectivity index (χ1v) is 5.49. The van der Waals surface area contributed by atoms with Gasteiger partial charge in [0, 0.05) is 6.04 Å². The van der Waals surface area contributed by atoms with E-state index in [-0.39, 0.29) is 12.6 Å². The first kappa shape index (κ1) is 12.0. The zero-order valence-electron chi connectivity index (χ0n) is 9.04. The van der Waals surface area contributed by atoms with Crippen LogP contribution in [0.1, 0.15) is 19.5 Å². The van der Waals surface area contributed by atoms with Gasteiger partial charge in [-0.3, -0.25) is 4.79 Å². The normalized spacial score (nSPS) is 10.7. The molecule has 1 aromatic heterocycles. The van der Waals surface area contributed by atoms with Crippen LogP contribution in [-0.2, 0) is 11.3 Å². The molecule has 84 valence electrons. The van der Waals surface area contributed by atoms with Crippen molar-refractivity contribution in [3.05, 3.63) is 10.2 Å². The zero-order chi connectivity index (χ0) is 11.6. The Hall–Kier alpha value is -1.04. The van der Waals surface area contributed by atoms with Crippen molar-refractivity contribution >= 4 is 27.7 Å². The highest BCUT2D eigenvalue weighted by molar-refractivity contribution is 9.10. The number of anilines is 1. The Labute approximate surface area is 97.1 Å². The van der Waals surface area contributed by atoms with Crippen LogP contribution in [0.4, 0.5) is 5.82 Å². The summed E-state index contributed by atoms with van der Waals surface area (Å²) < 4.78 is 2.44. The SMILES string of the molecule is Cc1nn(CC(N)=O)c(NC(C)C)c1Br. The zero-order valence-corrected chi connectivity index (χ0v) is 10.6. The minimum absolute atomic E-state index is 0.0848. The van der Waals surface area contributed by atoms with Crippen molar-refractivity contribution in [1.29, 1.82) is 0 Å². The van der Waals surface area contributed by atoms with E-state index in [4.69, 9.17) is 5.73 Å². The van der Waals surface area contributed by atoms with Crippen molar-refractivity contribution in [3.63, 3.8) is 0 Å².